The molecule has 3 rings (SSSR count). The predicted molar refractivity (Wildman–Crippen MR) is 100 cm³/mol. The van der Waals surface area contributed by atoms with Crippen molar-refractivity contribution in [2.75, 3.05) is 20.2 Å². The van der Waals surface area contributed by atoms with Crippen LogP contribution in [0.3, 0.4) is 0 Å². The molecule has 1 atom stereocenters. The fraction of sp³-hybridized carbons (Fsp3) is 0.500. The van der Waals surface area contributed by atoms with E-state index in [2.05, 4.69) is 14.9 Å². The van der Waals surface area contributed by atoms with Crippen LogP contribution in [0.2, 0.25) is 0 Å². The molecule has 1 aliphatic heterocycles. The Kier molecular flexibility index (Phi) is 5.74. The number of ether oxygens (including phenoxy) is 1. The van der Waals surface area contributed by atoms with Crippen molar-refractivity contribution in [3.05, 3.63) is 57.3 Å². The number of aliphatic hydroxyl groups is 1. The Morgan fingerprint density at radius 1 is 1.31 bits per heavy atom. The molecule has 2 N–H and O–H groups in total. The first-order chi connectivity index (χ1) is 12.5. The Labute approximate surface area is 153 Å². The van der Waals surface area contributed by atoms with E-state index in [-0.39, 0.29) is 17.6 Å². The molecular formula is C20H27N3O3. The van der Waals surface area contributed by atoms with Gasteiger partial charge in [-0.05, 0) is 23.6 Å². The van der Waals surface area contributed by atoms with Crippen molar-refractivity contribution < 1.29 is 9.84 Å². The highest BCUT2D eigenvalue weighted by Gasteiger charge is 2.23. The van der Waals surface area contributed by atoms with Gasteiger partial charge in [0.2, 0.25) is 0 Å². The first kappa shape index (κ1) is 18.6. The third-order valence-corrected chi connectivity index (χ3v) is 4.94. The minimum Gasteiger partial charge on any atom is -0.497 e. The Morgan fingerprint density at radius 3 is 2.69 bits per heavy atom. The molecule has 1 aliphatic rings. The third-order valence-electron chi connectivity index (χ3n) is 4.94. The third kappa shape index (κ3) is 4.31. The number of aliphatic hydroxyl groups excluding tert-OH is 1. The number of β-amino-alcohol motifs (C(OH)–C–C–N with tert-alkyl or cyclic N) is 1. The smallest absolute Gasteiger partial charge is 0.255 e. The van der Waals surface area contributed by atoms with Gasteiger partial charge in [0, 0.05) is 32.5 Å². The lowest BCUT2D eigenvalue weighted by Gasteiger charge is -2.30. The SMILES string of the molecule is COc1ccc(Cc2nc3c(c(=O)[nH]2)CN(C[C@H](O)C(C)C)CC3)cc1. The lowest BCUT2D eigenvalue weighted by molar-refractivity contribution is 0.0704. The monoisotopic (exact) mass is 357 g/mol. The molecule has 0 fully saturated rings. The van der Waals surface area contributed by atoms with Crippen molar-refractivity contribution in [1.82, 2.24) is 14.9 Å². The van der Waals surface area contributed by atoms with Crippen molar-refractivity contribution >= 4 is 0 Å². The van der Waals surface area contributed by atoms with Gasteiger partial charge < -0.3 is 14.8 Å². The summed E-state index contributed by atoms with van der Waals surface area (Å²) in [5, 5.41) is 10.1. The van der Waals surface area contributed by atoms with Gasteiger partial charge in [-0.1, -0.05) is 26.0 Å². The summed E-state index contributed by atoms with van der Waals surface area (Å²) in [6.45, 7) is 5.95. The molecule has 140 valence electrons. The second-order valence-corrected chi connectivity index (χ2v) is 7.26. The van der Waals surface area contributed by atoms with E-state index in [1.54, 1.807) is 7.11 Å². The van der Waals surface area contributed by atoms with Crippen LogP contribution in [0.25, 0.3) is 0 Å². The van der Waals surface area contributed by atoms with Gasteiger partial charge in [0.1, 0.15) is 11.6 Å². The van der Waals surface area contributed by atoms with Gasteiger partial charge >= 0.3 is 0 Å². The highest BCUT2D eigenvalue weighted by Crippen LogP contribution is 2.17. The zero-order valence-corrected chi connectivity index (χ0v) is 15.7. The van der Waals surface area contributed by atoms with E-state index in [9.17, 15) is 9.90 Å². The molecule has 2 heterocycles. The van der Waals surface area contributed by atoms with Gasteiger partial charge in [-0.3, -0.25) is 9.69 Å². The summed E-state index contributed by atoms with van der Waals surface area (Å²) in [7, 11) is 1.64. The molecule has 0 radical (unpaired) electrons. The average Bonchev–Trinajstić information content (AvgIpc) is 2.63. The van der Waals surface area contributed by atoms with Crippen LogP contribution in [0.4, 0.5) is 0 Å². The van der Waals surface area contributed by atoms with Gasteiger partial charge in [0.15, 0.2) is 0 Å². The summed E-state index contributed by atoms with van der Waals surface area (Å²) in [4.78, 5) is 22.3. The number of H-pyrrole nitrogens is 1. The Hall–Kier alpha value is -2.18. The van der Waals surface area contributed by atoms with Gasteiger partial charge in [0.25, 0.3) is 5.56 Å². The standard InChI is InChI=1S/C20H27N3O3/c1-13(2)18(24)12-23-9-8-17-16(11-23)20(25)22-19(21-17)10-14-4-6-15(26-3)7-5-14/h4-7,13,18,24H,8-12H2,1-3H3,(H,21,22,25)/t18-/m0/s1. The maximum atomic E-state index is 12.5. The highest BCUT2D eigenvalue weighted by molar-refractivity contribution is 5.29. The molecule has 1 aromatic carbocycles. The molecule has 0 bridgehead atoms. The van der Waals surface area contributed by atoms with Crippen LogP contribution in [0.1, 0.15) is 36.5 Å². The molecule has 1 aromatic heterocycles. The molecule has 6 heteroatoms. The summed E-state index contributed by atoms with van der Waals surface area (Å²) < 4.78 is 5.17. The summed E-state index contributed by atoms with van der Waals surface area (Å²) in [5.74, 6) is 1.71. The van der Waals surface area contributed by atoms with Gasteiger partial charge in [-0.2, -0.15) is 0 Å². The molecule has 0 unspecified atom stereocenters. The fourth-order valence-corrected chi connectivity index (χ4v) is 3.18. The topological polar surface area (TPSA) is 78.5 Å². The van der Waals surface area contributed by atoms with E-state index in [1.807, 2.05) is 38.1 Å². The normalized spacial score (nSPS) is 15.7. The lowest BCUT2D eigenvalue weighted by atomic mass is 10.0. The highest BCUT2D eigenvalue weighted by atomic mass is 16.5. The van der Waals surface area contributed by atoms with Crippen LogP contribution >= 0.6 is 0 Å². The average molecular weight is 357 g/mol. The van der Waals surface area contributed by atoms with Crippen molar-refractivity contribution in [3.8, 4) is 5.75 Å². The fourth-order valence-electron chi connectivity index (χ4n) is 3.18. The molecule has 0 aliphatic carbocycles. The number of nitrogens with one attached hydrogen (secondary N) is 1. The van der Waals surface area contributed by atoms with Crippen LogP contribution in [-0.2, 0) is 19.4 Å². The molecule has 2 aromatic rings. The Morgan fingerprint density at radius 2 is 2.04 bits per heavy atom. The number of hydrogen-bond acceptors (Lipinski definition) is 5. The number of fused-ring (bicyclic) bond motifs is 1. The van der Waals surface area contributed by atoms with Crippen LogP contribution in [0.5, 0.6) is 5.75 Å². The summed E-state index contributed by atoms with van der Waals surface area (Å²) in [6, 6.07) is 7.77. The molecular weight excluding hydrogens is 330 g/mol. The minimum absolute atomic E-state index is 0.0674. The number of rotatable bonds is 6. The van der Waals surface area contributed by atoms with Crippen LogP contribution in [0.15, 0.2) is 29.1 Å². The number of methoxy groups -OCH3 is 1. The number of nitrogens with zero attached hydrogens (tertiary/aromatic N) is 2. The van der Waals surface area contributed by atoms with E-state index in [4.69, 9.17) is 4.74 Å². The van der Waals surface area contributed by atoms with Crippen molar-refractivity contribution in [3.63, 3.8) is 0 Å². The van der Waals surface area contributed by atoms with E-state index < -0.39 is 0 Å². The van der Waals surface area contributed by atoms with Crippen LogP contribution in [0, 0.1) is 5.92 Å². The Bertz CT molecular complexity index is 799. The molecule has 6 nitrogen and oxygen atoms in total. The number of hydrogen-bond donors (Lipinski definition) is 2. The lowest BCUT2D eigenvalue weighted by Crippen LogP contribution is -2.41. The van der Waals surface area contributed by atoms with Crippen molar-refractivity contribution in [2.45, 2.75) is 39.3 Å². The number of aromatic nitrogens is 2. The molecule has 0 spiro atoms. The molecule has 0 saturated carbocycles. The van der Waals surface area contributed by atoms with Crippen LogP contribution in [-0.4, -0.2) is 46.3 Å². The predicted octanol–water partition coefficient (Wildman–Crippen LogP) is 1.74. The minimum atomic E-state index is -0.377. The summed E-state index contributed by atoms with van der Waals surface area (Å²) in [6.07, 6.45) is 0.944. The van der Waals surface area contributed by atoms with Crippen molar-refractivity contribution in [1.29, 1.82) is 0 Å². The number of aromatic amines is 1. The second kappa shape index (κ2) is 8.01. The van der Waals surface area contributed by atoms with Crippen molar-refractivity contribution in [2.24, 2.45) is 5.92 Å². The first-order valence-electron chi connectivity index (χ1n) is 9.10. The zero-order chi connectivity index (χ0) is 18.7. The quantitative estimate of drug-likeness (QED) is 0.823. The van der Waals surface area contributed by atoms with Gasteiger partial charge in [-0.25, -0.2) is 4.98 Å². The van der Waals surface area contributed by atoms with Gasteiger partial charge in [-0.15, -0.1) is 0 Å². The largest absolute Gasteiger partial charge is 0.497 e. The molecule has 0 amide bonds. The van der Waals surface area contributed by atoms with Gasteiger partial charge in [0.05, 0.1) is 24.5 Å². The number of benzene rings is 1. The second-order valence-electron chi connectivity index (χ2n) is 7.26. The zero-order valence-electron chi connectivity index (χ0n) is 15.7. The van der Waals surface area contributed by atoms with Crippen LogP contribution < -0.4 is 10.3 Å². The maximum Gasteiger partial charge on any atom is 0.255 e. The van der Waals surface area contributed by atoms with E-state index in [1.165, 1.54) is 0 Å². The molecule has 26 heavy (non-hydrogen) atoms. The maximum absolute atomic E-state index is 12.5. The van der Waals surface area contributed by atoms with E-state index in [0.717, 1.165) is 35.5 Å². The van der Waals surface area contributed by atoms with E-state index in [0.29, 0.717) is 25.3 Å². The van der Waals surface area contributed by atoms with E-state index >= 15 is 0 Å². The molecule has 0 saturated heterocycles. The summed E-state index contributed by atoms with van der Waals surface area (Å²) >= 11 is 0. The first-order valence-corrected chi connectivity index (χ1v) is 9.10. The summed E-state index contributed by atoms with van der Waals surface area (Å²) in [5.41, 5.74) is 2.62. The Balaban J connectivity index is 1.73.